The molecule has 1 rings (SSSR count). The number of carbonyl (C=O) groups excluding carboxylic acids is 1. The molecular formula is C8H12FNO. The fourth-order valence-electron chi connectivity index (χ4n) is 1.57. The second kappa shape index (κ2) is 4.24. The van der Waals surface area contributed by atoms with Crippen molar-refractivity contribution in [3.63, 3.8) is 0 Å². The number of rotatable bonds is 3. The first-order valence-corrected chi connectivity index (χ1v) is 4.00. The van der Waals surface area contributed by atoms with Crippen LogP contribution in [-0.4, -0.2) is 18.8 Å². The fraction of sp³-hybridized carbons (Fsp3) is 0.875. The Balaban J connectivity index is 2.13. The Morgan fingerprint density at radius 1 is 1.55 bits per heavy atom. The molecule has 1 aliphatic carbocycles. The van der Waals surface area contributed by atoms with E-state index in [1.54, 1.807) is 0 Å². The molecule has 1 aliphatic rings. The van der Waals surface area contributed by atoms with Crippen LogP contribution in [0.3, 0.4) is 0 Å². The molecule has 0 aliphatic heterocycles. The van der Waals surface area contributed by atoms with Crippen LogP contribution in [0.5, 0.6) is 0 Å². The van der Waals surface area contributed by atoms with E-state index in [1.807, 2.05) is 0 Å². The number of isocyanates is 1. The Kier molecular flexibility index (Phi) is 3.24. The van der Waals surface area contributed by atoms with Crippen LogP contribution in [0.2, 0.25) is 0 Å². The summed E-state index contributed by atoms with van der Waals surface area (Å²) in [5, 5.41) is 0. The number of hydrogen-bond donors (Lipinski definition) is 0. The van der Waals surface area contributed by atoms with Crippen molar-refractivity contribution in [2.75, 3.05) is 6.54 Å². The minimum atomic E-state index is -0.611. The van der Waals surface area contributed by atoms with Crippen molar-refractivity contribution in [1.29, 1.82) is 0 Å². The molecule has 0 bridgehead atoms. The highest BCUT2D eigenvalue weighted by Crippen LogP contribution is 2.29. The summed E-state index contributed by atoms with van der Waals surface area (Å²) in [6.45, 7) is 0.515. The van der Waals surface area contributed by atoms with E-state index in [9.17, 15) is 9.18 Å². The molecule has 0 saturated heterocycles. The van der Waals surface area contributed by atoms with Crippen molar-refractivity contribution in [2.24, 2.45) is 10.9 Å². The van der Waals surface area contributed by atoms with Gasteiger partial charge in [-0.15, -0.1) is 0 Å². The molecular weight excluding hydrogens is 145 g/mol. The van der Waals surface area contributed by atoms with Gasteiger partial charge in [-0.05, 0) is 31.6 Å². The van der Waals surface area contributed by atoms with E-state index in [0.717, 1.165) is 12.8 Å². The molecule has 0 spiro atoms. The zero-order valence-corrected chi connectivity index (χ0v) is 6.42. The van der Waals surface area contributed by atoms with Crippen LogP contribution in [0.4, 0.5) is 4.39 Å². The van der Waals surface area contributed by atoms with Gasteiger partial charge in [0.15, 0.2) is 0 Å². The Labute approximate surface area is 65.5 Å². The quantitative estimate of drug-likeness (QED) is 0.454. The van der Waals surface area contributed by atoms with E-state index in [0.29, 0.717) is 25.3 Å². The predicted molar refractivity (Wildman–Crippen MR) is 39.8 cm³/mol. The van der Waals surface area contributed by atoms with Crippen LogP contribution in [-0.2, 0) is 4.79 Å². The minimum absolute atomic E-state index is 0.446. The molecule has 2 unspecified atom stereocenters. The first-order chi connectivity index (χ1) is 5.33. The van der Waals surface area contributed by atoms with Gasteiger partial charge in [0.05, 0.1) is 6.54 Å². The maximum Gasteiger partial charge on any atom is 0.234 e. The Bertz CT molecular complexity index is 165. The molecule has 62 valence electrons. The standard InChI is InChI=1S/C8H12FNO/c9-8-2-1-7(5-8)3-4-10-6-11/h7-8H,1-5H2. The van der Waals surface area contributed by atoms with Gasteiger partial charge in [-0.25, -0.2) is 14.2 Å². The van der Waals surface area contributed by atoms with Crippen molar-refractivity contribution < 1.29 is 9.18 Å². The van der Waals surface area contributed by atoms with Crippen molar-refractivity contribution in [3.8, 4) is 0 Å². The maximum atomic E-state index is 12.6. The first kappa shape index (κ1) is 8.41. The van der Waals surface area contributed by atoms with Gasteiger partial charge in [0.1, 0.15) is 6.17 Å². The van der Waals surface area contributed by atoms with Gasteiger partial charge in [-0.3, -0.25) is 0 Å². The van der Waals surface area contributed by atoms with Crippen LogP contribution in [0.15, 0.2) is 4.99 Å². The van der Waals surface area contributed by atoms with Gasteiger partial charge in [0.2, 0.25) is 6.08 Å². The lowest BCUT2D eigenvalue weighted by atomic mass is 10.0. The third kappa shape index (κ3) is 2.81. The van der Waals surface area contributed by atoms with Crippen LogP contribution >= 0.6 is 0 Å². The van der Waals surface area contributed by atoms with Crippen molar-refractivity contribution in [2.45, 2.75) is 31.9 Å². The summed E-state index contributed by atoms with van der Waals surface area (Å²) in [6.07, 6.45) is 4.02. The molecule has 0 aromatic rings. The number of aliphatic imine (C=N–C) groups is 1. The molecule has 2 nitrogen and oxygen atoms in total. The van der Waals surface area contributed by atoms with Gasteiger partial charge in [0, 0.05) is 0 Å². The predicted octanol–water partition coefficient (Wildman–Crippen LogP) is 1.85. The highest BCUT2D eigenvalue weighted by Gasteiger charge is 2.23. The van der Waals surface area contributed by atoms with E-state index in [-0.39, 0.29) is 0 Å². The fourth-order valence-corrected chi connectivity index (χ4v) is 1.57. The molecule has 0 aromatic carbocycles. The Hall–Kier alpha value is -0.690. The van der Waals surface area contributed by atoms with E-state index < -0.39 is 6.17 Å². The third-order valence-electron chi connectivity index (χ3n) is 2.19. The summed E-state index contributed by atoms with van der Waals surface area (Å²) >= 11 is 0. The Morgan fingerprint density at radius 3 is 2.91 bits per heavy atom. The molecule has 0 N–H and O–H groups in total. The lowest BCUT2D eigenvalue weighted by molar-refractivity contribution is 0.328. The average molecular weight is 157 g/mol. The van der Waals surface area contributed by atoms with Crippen LogP contribution in [0.1, 0.15) is 25.7 Å². The highest BCUT2D eigenvalue weighted by atomic mass is 19.1. The average Bonchev–Trinajstić information content (AvgIpc) is 2.37. The summed E-state index contributed by atoms with van der Waals surface area (Å²) in [4.78, 5) is 13.1. The number of nitrogens with zero attached hydrogens (tertiary/aromatic N) is 1. The van der Waals surface area contributed by atoms with Gasteiger partial charge in [0.25, 0.3) is 0 Å². The smallest absolute Gasteiger partial charge is 0.234 e. The van der Waals surface area contributed by atoms with E-state index >= 15 is 0 Å². The largest absolute Gasteiger partial charge is 0.247 e. The number of hydrogen-bond acceptors (Lipinski definition) is 2. The summed E-state index contributed by atoms with van der Waals surface area (Å²) < 4.78 is 12.6. The van der Waals surface area contributed by atoms with Gasteiger partial charge in [-0.2, -0.15) is 0 Å². The zero-order valence-electron chi connectivity index (χ0n) is 6.42. The molecule has 0 amide bonds. The minimum Gasteiger partial charge on any atom is -0.247 e. The number of alkyl halides is 1. The SMILES string of the molecule is O=C=NCCC1CCC(F)C1. The van der Waals surface area contributed by atoms with E-state index in [2.05, 4.69) is 4.99 Å². The van der Waals surface area contributed by atoms with Crippen LogP contribution in [0.25, 0.3) is 0 Å². The molecule has 0 aromatic heterocycles. The van der Waals surface area contributed by atoms with Gasteiger partial charge in [-0.1, -0.05) is 0 Å². The molecule has 1 saturated carbocycles. The van der Waals surface area contributed by atoms with E-state index in [1.165, 1.54) is 6.08 Å². The topological polar surface area (TPSA) is 29.4 Å². The van der Waals surface area contributed by atoms with Crippen molar-refractivity contribution in [3.05, 3.63) is 0 Å². The summed E-state index contributed by atoms with van der Waals surface area (Å²) in [7, 11) is 0. The lowest BCUT2D eigenvalue weighted by Crippen LogP contribution is -1.97. The van der Waals surface area contributed by atoms with Gasteiger partial charge < -0.3 is 0 Å². The molecule has 0 radical (unpaired) electrons. The highest BCUT2D eigenvalue weighted by molar-refractivity contribution is 5.32. The maximum absolute atomic E-state index is 12.6. The molecule has 0 heterocycles. The molecule has 3 heteroatoms. The summed E-state index contributed by atoms with van der Waals surface area (Å²) in [5.41, 5.74) is 0. The molecule has 1 fully saturated rings. The monoisotopic (exact) mass is 157 g/mol. The number of halogens is 1. The summed E-state index contributed by atoms with van der Waals surface area (Å²) in [6, 6.07) is 0. The first-order valence-electron chi connectivity index (χ1n) is 4.00. The summed E-state index contributed by atoms with van der Waals surface area (Å²) in [5.74, 6) is 0.446. The Morgan fingerprint density at radius 2 is 2.36 bits per heavy atom. The second-order valence-electron chi connectivity index (χ2n) is 3.04. The second-order valence-corrected chi connectivity index (χ2v) is 3.04. The van der Waals surface area contributed by atoms with E-state index in [4.69, 9.17) is 0 Å². The van der Waals surface area contributed by atoms with Crippen LogP contribution in [0, 0.1) is 5.92 Å². The van der Waals surface area contributed by atoms with Gasteiger partial charge >= 0.3 is 0 Å². The molecule has 2 atom stereocenters. The normalized spacial score (nSPS) is 29.9. The molecule has 11 heavy (non-hydrogen) atoms. The lowest BCUT2D eigenvalue weighted by Gasteiger charge is -2.03. The van der Waals surface area contributed by atoms with Crippen LogP contribution < -0.4 is 0 Å². The third-order valence-corrected chi connectivity index (χ3v) is 2.19. The zero-order chi connectivity index (χ0) is 8.10. The van der Waals surface area contributed by atoms with Crippen molar-refractivity contribution >= 4 is 6.08 Å². The van der Waals surface area contributed by atoms with Crippen molar-refractivity contribution in [1.82, 2.24) is 0 Å².